The Morgan fingerprint density at radius 1 is 1.50 bits per heavy atom. The summed E-state index contributed by atoms with van der Waals surface area (Å²) >= 11 is 0. The van der Waals surface area contributed by atoms with Crippen LogP contribution in [-0.2, 0) is 0 Å². The topological polar surface area (TPSA) is 0 Å². The van der Waals surface area contributed by atoms with E-state index in [0.29, 0.717) is 0 Å². The Balaban J connectivity index is 2.85. The van der Waals surface area contributed by atoms with Crippen molar-refractivity contribution in [3.63, 3.8) is 0 Å². The van der Waals surface area contributed by atoms with Gasteiger partial charge < -0.3 is 0 Å². The Labute approximate surface area is 39.2 Å². The molecule has 0 aliphatic carbocycles. The lowest BCUT2D eigenvalue weighted by molar-refractivity contribution is 1.67. The normalized spacial score (nSPS) is 9.50. The molecule has 0 unspecified atom stereocenters. The molecule has 32 valence electrons. The first kappa shape index (κ1) is 5.48. The Morgan fingerprint density at radius 3 is 2.33 bits per heavy atom. The molecule has 0 heterocycles. The molecule has 0 nitrogen and oxygen atoms in total. The Morgan fingerprint density at radius 2 is 2.17 bits per heavy atom. The van der Waals surface area contributed by atoms with E-state index in [4.69, 9.17) is 6.58 Å². The molecule has 0 N–H and O–H groups in total. The first-order valence-corrected chi connectivity index (χ1v) is 1.91. The maximum absolute atomic E-state index is 4.98. The fourth-order valence-corrected chi connectivity index (χ4v) is 0.175. The molecule has 2 radical (unpaired) electrons. The maximum Gasteiger partial charge on any atom is 0.00472 e. The zero-order chi connectivity index (χ0) is 4.83. The molecule has 0 aromatic carbocycles. The Kier molecular flexibility index (Phi) is 4.09. The summed E-state index contributed by atoms with van der Waals surface area (Å²) in [5.74, 6) is 0. The third-order valence-electron chi connectivity index (χ3n) is 0.415. The molecule has 0 saturated carbocycles. The smallest absolute Gasteiger partial charge is 0.00472 e. The highest BCUT2D eigenvalue weighted by atomic mass is 13.6. The number of hydrogen-bond acceptors (Lipinski definition) is 0. The van der Waals surface area contributed by atoms with Crippen molar-refractivity contribution in [1.29, 1.82) is 0 Å². The van der Waals surface area contributed by atoms with Gasteiger partial charge in [-0.1, -0.05) is 24.8 Å². The van der Waals surface area contributed by atoms with Crippen molar-refractivity contribution in [2.24, 2.45) is 0 Å². The molecular weight excluding hydrogens is 72.1 g/mol. The summed E-state index contributed by atoms with van der Waals surface area (Å²) in [6, 6.07) is 0. The van der Waals surface area contributed by atoms with Gasteiger partial charge in [0.2, 0.25) is 0 Å². The summed E-state index contributed by atoms with van der Waals surface area (Å²) in [4.78, 5) is 0. The highest BCUT2D eigenvalue weighted by Gasteiger charge is 1.58. The molecule has 0 rings (SSSR count). The van der Waals surface area contributed by atoms with Crippen molar-refractivity contribution in [3.05, 3.63) is 31.2 Å². The number of hydrogen-bond donors (Lipinski definition) is 0. The molecule has 0 aliphatic rings. The minimum atomic E-state index is 1.50. The summed E-state index contributed by atoms with van der Waals surface area (Å²) in [6.45, 7) is 6.93. The van der Waals surface area contributed by atoms with Gasteiger partial charge in [0.05, 0.1) is 0 Å². The van der Waals surface area contributed by atoms with Crippen LogP contribution >= 0.6 is 0 Å². The molecule has 0 aliphatic heterocycles. The molecule has 0 fully saturated rings. The van der Waals surface area contributed by atoms with Crippen LogP contribution in [0.15, 0.2) is 18.2 Å². The lowest BCUT2D eigenvalue weighted by Crippen LogP contribution is -1.50. The van der Waals surface area contributed by atoms with E-state index in [1.165, 1.54) is 6.08 Å². The van der Waals surface area contributed by atoms with Crippen LogP contribution in [0.2, 0.25) is 0 Å². The van der Waals surface area contributed by atoms with Crippen LogP contribution in [0.1, 0.15) is 6.92 Å². The predicted molar refractivity (Wildman–Crippen MR) is 28.0 cm³/mol. The van der Waals surface area contributed by atoms with Crippen LogP contribution in [0, 0.1) is 13.0 Å². The van der Waals surface area contributed by atoms with Gasteiger partial charge in [0.15, 0.2) is 0 Å². The molecule has 0 spiro atoms. The minimum Gasteiger partial charge on any atom is -0.0910 e. The van der Waals surface area contributed by atoms with Gasteiger partial charge >= 0.3 is 0 Å². The van der Waals surface area contributed by atoms with E-state index in [1.54, 1.807) is 6.42 Å². The van der Waals surface area contributed by atoms with Gasteiger partial charge in [0, 0.05) is 6.42 Å². The van der Waals surface area contributed by atoms with E-state index in [2.05, 4.69) is 0 Å². The second-order valence-electron chi connectivity index (χ2n) is 0.911. The minimum absolute atomic E-state index is 1.50. The van der Waals surface area contributed by atoms with Crippen LogP contribution in [-0.4, -0.2) is 0 Å². The third-order valence-corrected chi connectivity index (χ3v) is 0.415. The lowest BCUT2D eigenvalue weighted by atomic mass is 10.4. The van der Waals surface area contributed by atoms with Crippen LogP contribution in [0.4, 0.5) is 0 Å². The van der Waals surface area contributed by atoms with Crippen LogP contribution in [0.5, 0.6) is 0 Å². The predicted octanol–water partition coefficient (Wildman–Crippen LogP) is 1.76. The fraction of sp³-hybridized carbons (Fsp3) is 0.167. The average Bonchev–Trinajstić information content (AvgIpc) is 1.61. The summed E-state index contributed by atoms with van der Waals surface area (Å²) in [5.41, 5.74) is 0. The molecule has 0 amide bonds. The van der Waals surface area contributed by atoms with E-state index in [9.17, 15) is 0 Å². The summed E-state index contributed by atoms with van der Waals surface area (Å²) in [5, 5.41) is 0. The van der Waals surface area contributed by atoms with Crippen LogP contribution in [0.3, 0.4) is 0 Å². The van der Waals surface area contributed by atoms with Gasteiger partial charge in [-0.3, -0.25) is 0 Å². The largest absolute Gasteiger partial charge is 0.0910 e. The van der Waals surface area contributed by atoms with Crippen molar-refractivity contribution in [3.8, 4) is 0 Å². The second kappa shape index (κ2) is 4.48. The van der Waals surface area contributed by atoms with Crippen molar-refractivity contribution in [2.75, 3.05) is 0 Å². The number of allylic oxidation sites excluding steroid dienone is 3. The monoisotopic (exact) mass is 80.1 g/mol. The molecule has 0 saturated heterocycles. The van der Waals surface area contributed by atoms with Crippen molar-refractivity contribution in [1.82, 2.24) is 0 Å². The van der Waals surface area contributed by atoms with E-state index in [-0.39, 0.29) is 0 Å². The third kappa shape index (κ3) is 3.48. The zero-order valence-electron chi connectivity index (χ0n) is 3.89. The van der Waals surface area contributed by atoms with Gasteiger partial charge in [-0.25, -0.2) is 0 Å². The molecule has 0 heteroatoms. The Hall–Kier alpha value is -0.520. The fourth-order valence-electron chi connectivity index (χ4n) is 0.175. The van der Waals surface area contributed by atoms with Crippen molar-refractivity contribution in [2.45, 2.75) is 6.92 Å². The zero-order valence-corrected chi connectivity index (χ0v) is 3.89. The quantitative estimate of drug-likeness (QED) is 0.474. The summed E-state index contributed by atoms with van der Waals surface area (Å²) in [7, 11) is 0. The van der Waals surface area contributed by atoms with Crippen molar-refractivity contribution < 1.29 is 0 Å². The van der Waals surface area contributed by atoms with Crippen LogP contribution < -0.4 is 0 Å². The van der Waals surface area contributed by atoms with Gasteiger partial charge in [0.1, 0.15) is 0 Å². The van der Waals surface area contributed by atoms with Gasteiger partial charge in [-0.05, 0) is 6.92 Å². The molecule has 0 aromatic rings. The molecule has 6 heavy (non-hydrogen) atoms. The molecular formula is C6H8. The van der Waals surface area contributed by atoms with Gasteiger partial charge in [-0.2, -0.15) is 0 Å². The van der Waals surface area contributed by atoms with Gasteiger partial charge in [-0.15, -0.1) is 0 Å². The highest BCUT2D eigenvalue weighted by Crippen LogP contribution is 1.76. The highest BCUT2D eigenvalue weighted by molar-refractivity contribution is 5.02. The molecule has 0 aromatic heterocycles. The van der Waals surface area contributed by atoms with E-state index in [1.807, 2.05) is 19.1 Å². The van der Waals surface area contributed by atoms with E-state index in [0.717, 1.165) is 0 Å². The second-order valence-corrected chi connectivity index (χ2v) is 0.911. The lowest BCUT2D eigenvalue weighted by Gasteiger charge is -1.68. The van der Waals surface area contributed by atoms with Gasteiger partial charge in [0.25, 0.3) is 0 Å². The van der Waals surface area contributed by atoms with Crippen molar-refractivity contribution >= 4 is 0 Å². The SMILES string of the molecule is [CH]=C[CH]/C=C\C. The first-order chi connectivity index (χ1) is 2.91. The first-order valence-electron chi connectivity index (χ1n) is 1.91. The summed E-state index contributed by atoms with van der Waals surface area (Å²) in [6.07, 6.45) is 7.07. The molecule has 0 bridgehead atoms. The average molecular weight is 80.1 g/mol. The number of rotatable bonds is 2. The van der Waals surface area contributed by atoms with E-state index >= 15 is 0 Å². The Bertz CT molecular complexity index is 51.1. The van der Waals surface area contributed by atoms with E-state index < -0.39 is 0 Å². The van der Waals surface area contributed by atoms with Crippen LogP contribution in [0.25, 0.3) is 0 Å². The molecule has 0 atom stereocenters. The summed E-state index contributed by atoms with van der Waals surface area (Å²) < 4.78 is 0. The maximum atomic E-state index is 4.98. The standard InChI is InChI=1S/C6H8/c1-3-5-6-4-2/h1,3-6H,2H3/b3-1?,6-4-.